The largest absolute Gasteiger partial charge is 0.460 e. The van der Waals surface area contributed by atoms with Gasteiger partial charge in [0, 0.05) is 19.0 Å². The molecule has 11 heteroatoms. The van der Waals surface area contributed by atoms with Crippen LogP contribution in [0.15, 0.2) is 6.20 Å². The van der Waals surface area contributed by atoms with Gasteiger partial charge in [-0.25, -0.2) is 9.65 Å². The van der Waals surface area contributed by atoms with Gasteiger partial charge in [0.1, 0.15) is 0 Å². The van der Waals surface area contributed by atoms with Crippen molar-refractivity contribution in [3.63, 3.8) is 0 Å². The summed E-state index contributed by atoms with van der Waals surface area (Å²) in [4.78, 5) is 13.5. The summed E-state index contributed by atoms with van der Waals surface area (Å²) >= 11 is 3.15. The highest BCUT2D eigenvalue weighted by Crippen LogP contribution is 2.43. The van der Waals surface area contributed by atoms with Gasteiger partial charge in [0.05, 0.1) is 7.05 Å². The van der Waals surface area contributed by atoms with E-state index in [2.05, 4.69) is 26.0 Å². The van der Waals surface area contributed by atoms with Gasteiger partial charge in [-0.3, -0.25) is 4.52 Å². The first-order valence-corrected chi connectivity index (χ1v) is 7.42. The fourth-order valence-electron chi connectivity index (χ4n) is 1.08. The van der Waals surface area contributed by atoms with Crippen LogP contribution in [0.25, 0.3) is 0 Å². The van der Waals surface area contributed by atoms with Gasteiger partial charge in [0.25, 0.3) is 0 Å². The molecule has 0 aromatic carbocycles. The molecule has 0 amide bonds. The molecule has 0 spiro atoms. The summed E-state index contributed by atoms with van der Waals surface area (Å²) in [6.07, 6.45) is 1.11. The zero-order chi connectivity index (χ0) is 13.8. The van der Waals surface area contributed by atoms with Crippen LogP contribution < -0.4 is 9.61 Å². The lowest BCUT2D eigenvalue weighted by molar-refractivity contribution is -0.396. The summed E-state index contributed by atoms with van der Waals surface area (Å²) in [6, 6.07) is 0. The number of nitrogens with zero attached hydrogens (tertiary/aromatic N) is 3. The molecule has 0 saturated carbocycles. The average molecular weight is 343 g/mol. The highest BCUT2D eigenvalue weighted by molar-refractivity contribution is 9.09. The van der Waals surface area contributed by atoms with Crippen molar-refractivity contribution in [3.8, 4) is 5.88 Å². The first-order chi connectivity index (χ1) is 8.43. The van der Waals surface area contributed by atoms with Gasteiger partial charge in [-0.2, -0.15) is 4.57 Å². The standard InChI is InChI=1S/C7H12BrN4O5P/c1-11-6(5-9-7(11)12(13)14)17-18(15,16-2)10-4-3-8/h5H,3-4H2,1-2H3,(H,10,15). The van der Waals surface area contributed by atoms with E-state index in [1.54, 1.807) is 0 Å². The second-order valence-electron chi connectivity index (χ2n) is 3.08. The number of nitro groups is 1. The molecule has 1 aromatic heterocycles. The molecule has 1 unspecified atom stereocenters. The molecule has 1 rings (SSSR count). The van der Waals surface area contributed by atoms with E-state index in [-0.39, 0.29) is 5.88 Å². The van der Waals surface area contributed by atoms with Crippen molar-refractivity contribution < 1.29 is 18.5 Å². The Morgan fingerprint density at radius 1 is 1.72 bits per heavy atom. The van der Waals surface area contributed by atoms with Crippen LogP contribution >= 0.6 is 23.7 Å². The number of imidazole rings is 1. The monoisotopic (exact) mass is 342 g/mol. The third-order valence-corrected chi connectivity index (χ3v) is 3.85. The topological polar surface area (TPSA) is 109 Å². The highest BCUT2D eigenvalue weighted by atomic mass is 79.9. The van der Waals surface area contributed by atoms with Gasteiger partial charge in [-0.1, -0.05) is 20.9 Å². The molecule has 1 N–H and O–H groups in total. The Labute approximate surface area is 111 Å². The number of rotatable bonds is 7. The molecular formula is C7H12BrN4O5P. The number of halogens is 1. The minimum absolute atomic E-state index is 0.0195. The van der Waals surface area contributed by atoms with Gasteiger partial charge in [-0.15, -0.1) is 0 Å². The van der Waals surface area contributed by atoms with Gasteiger partial charge in [0.15, 0.2) is 6.20 Å². The predicted octanol–water partition coefficient (Wildman–Crippen LogP) is 1.45. The quantitative estimate of drug-likeness (QED) is 0.345. The predicted molar refractivity (Wildman–Crippen MR) is 66.9 cm³/mol. The van der Waals surface area contributed by atoms with Crippen LogP contribution in [0.1, 0.15) is 0 Å². The van der Waals surface area contributed by atoms with Crippen LogP contribution in [-0.4, -0.2) is 33.5 Å². The van der Waals surface area contributed by atoms with Gasteiger partial charge < -0.3 is 14.6 Å². The Balaban J connectivity index is 2.89. The van der Waals surface area contributed by atoms with Crippen LogP contribution in [0, 0.1) is 10.1 Å². The maximum atomic E-state index is 12.1. The lowest BCUT2D eigenvalue weighted by atomic mass is 10.8. The SMILES string of the molecule is COP(=O)(NCCBr)Oc1cnc([N+](=O)[O-])n1C. The molecule has 18 heavy (non-hydrogen) atoms. The molecule has 1 atom stereocenters. The number of hydrogen-bond donors (Lipinski definition) is 1. The smallest absolute Gasteiger partial charge is 0.390 e. The van der Waals surface area contributed by atoms with Crippen molar-refractivity contribution in [2.75, 3.05) is 19.0 Å². The summed E-state index contributed by atoms with van der Waals surface area (Å²) in [5.41, 5.74) is 0. The molecule has 0 saturated heterocycles. The molecule has 1 heterocycles. The van der Waals surface area contributed by atoms with E-state index < -0.39 is 18.6 Å². The minimum atomic E-state index is -3.55. The third kappa shape index (κ3) is 3.52. The van der Waals surface area contributed by atoms with E-state index in [0.29, 0.717) is 11.9 Å². The zero-order valence-electron chi connectivity index (χ0n) is 9.70. The Bertz CT molecular complexity index is 478. The van der Waals surface area contributed by atoms with Crippen LogP contribution in [0.4, 0.5) is 5.95 Å². The van der Waals surface area contributed by atoms with Crippen LogP contribution in [0.2, 0.25) is 0 Å². The Kier molecular flexibility index (Phi) is 5.27. The molecule has 0 radical (unpaired) electrons. The van der Waals surface area contributed by atoms with Crippen molar-refractivity contribution in [2.45, 2.75) is 0 Å². The summed E-state index contributed by atoms with van der Waals surface area (Å²) in [7, 11) is -0.951. The molecule has 0 aliphatic carbocycles. The fraction of sp³-hybridized carbons (Fsp3) is 0.571. The van der Waals surface area contributed by atoms with Crippen molar-refractivity contribution in [3.05, 3.63) is 16.3 Å². The first kappa shape index (κ1) is 15.1. The lowest BCUT2D eigenvalue weighted by Gasteiger charge is -2.15. The first-order valence-electron chi connectivity index (χ1n) is 4.76. The van der Waals surface area contributed by atoms with E-state index in [1.165, 1.54) is 14.2 Å². The summed E-state index contributed by atoms with van der Waals surface area (Å²) < 4.78 is 23.0. The molecule has 102 valence electrons. The number of hydrogen-bond acceptors (Lipinski definition) is 6. The summed E-state index contributed by atoms with van der Waals surface area (Å²) in [6.45, 7) is 0.352. The van der Waals surface area contributed by atoms with Crippen molar-refractivity contribution >= 4 is 29.6 Å². The van der Waals surface area contributed by atoms with Gasteiger partial charge in [0.2, 0.25) is 0 Å². The van der Waals surface area contributed by atoms with E-state index in [0.717, 1.165) is 10.8 Å². The molecule has 0 bridgehead atoms. The van der Waals surface area contributed by atoms with Gasteiger partial charge >= 0.3 is 19.6 Å². The minimum Gasteiger partial charge on any atom is -0.390 e. The van der Waals surface area contributed by atoms with Crippen molar-refractivity contribution in [1.82, 2.24) is 14.6 Å². The lowest BCUT2D eigenvalue weighted by Crippen LogP contribution is -2.18. The molecular weight excluding hydrogens is 331 g/mol. The Hall–Kier alpha value is -0.960. The summed E-state index contributed by atoms with van der Waals surface area (Å²) in [5, 5.41) is 13.7. The number of aromatic nitrogens is 2. The molecule has 0 aliphatic rings. The van der Waals surface area contributed by atoms with E-state index in [9.17, 15) is 14.7 Å². The maximum absolute atomic E-state index is 12.1. The fourth-order valence-corrected chi connectivity index (χ4v) is 2.65. The Morgan fingerprint density at radius 2 is 2.39 bits per heavy atom. The van der Waals surface area contributed by atoms with Gasteiger partial charge in [-0.05, 0) is 4.92 Å². The second-order valence-corrected chi connectivity index (χ2v) is 5.73. The second kappa shape index (κ2) is 6.28. The van der Waals surface area contributed by atoms with E-state index in [1.807, 2.05) is 0 Å². The van der Waals surface area contributed by atoms with Crippen molar-refractivity contribution in [2.24, 2.45) is 7.05 Å². The maximum Gasteiger partial charge on any atom is 0.460 e. The van der Waals surface area contributed by atoms with E-state index in [4.69, 9.17) is 9.05 Å². The average Bonchev–Trinajstić information content (AvgIpc) is 2.68. The van der Waals surface area contributed by atoms with Crippen LogP contribution in [-0.2, 0) is 16.1 Å². The molecule has 0 fully saturated rings. The highest BCUT2D eigenvalue weighted by Gasteiger charge is 2.29. The molecule has 9 nitrogen and oxygen atoms in total. The molecule has 0 aliphatic heterocycles. The Morgan fingerprint density at radius 3 is 2.83 bits per heavy atom. The van der Waals surface area contributed by atoms with Crippen molar-refractivity contribution in [1.29, 1.82) is 0 Å². The summed E-state index contributed by atoms with van der Waals surface area (Å²) in [5.74, 6) is -0.429. The van der Waals surface area contributed by atoms with Crippen LogP contribution in [0.3, 0.4) is 0 Å². The van der Waals surface area contributed by atoms with Crippen LogP contribution in [0.5, 0.6) is 5.88 Å². The zero-order valence-corrected chi connectivity index (χ0v) is 12.2. The molecule has 1 aromatic rings. The number of alkyl halides is 1. The number of nitrogens with one attached hydrogen (secondary N) is 1. The van der Waals surface area contributed by atoms with E-state index >= 15 is 0 Å². The third-order valence-electron chi connectivity index (χ3n) is 1.94. The normalized spacial score (nSPS) is 14.2.